The number of hydrogen-bond acceptors (Lipinski definition) is 6. The van der Waals surface area contributed by atoms with Gasteiger partial charge in [0.15, 0.2) is 0 Å². The lowest BCUT2D eigenvalue weighted by molar-refractivity contribution is 0.0657. The van der Waals surface area contributed by atoms with Crippen molar-refractivity contribution in [1.29, 1.82) is 0 Å². The molecule has 0 saturated heterocycles. The summed E-state index contributed by atoms with van der Waals surface area (Å²) in [6, 6.07) is 8.15. The van der Waals surface area contributed by atoms with Crippen molar-refractivity contribution in [1.82, 2.24) is 9.36 Å². The van der Waals surface area contributed by atoms with Gasteiger partial charge in [-0.05, 0) is 31.5 Å². The second-order valence-corrected chi connectivity index (χ2v) is 5.69. The number of anilines is 2. The van der Waals surface area contributed by atoms with Gasteiger partial charge < -0.3 is 14.8 Å². The maximum absolute atomic E-state index is 5.57. The summed E-state index contributed by atoms with van der Waals surface area (Å²) in [6.07, 6.45) is 0.981. The minimum atomic E-state index is 0.245. The van der Waals surface area contributed by atoms with Crippen molar-refractivity contribution in [3.05, 3.63) is 35.7 Å². The first-order valence-electron chi connectivity index (χ1n) is 6.96. The number of hydrogen-bond donors (Lipinski definition) is 1. The maximum atomic E-state index is 5.57. The van der Waals surface area contributed by atoms with E-state index in [1.54, 1.807) is 7.11 Å². The van der Waals surface area contributed by atoms with Crippen LogP contribution in [-0.4, -0.2) is 29.2 Å². The Balaban J connectivity index is 1.89. The predicted molar refractivity (Wildman–Crippen MR) is 85.1 cm³/mol. The lowest BCUT2D eigenvalue weighted by Crippen LogP contribution is -2.02. The molecule has 2 rings (SSSR count). The molecule has 0 aliphatic rings. The molecule has 0 bridgehead atoms. The maximum Gasteiger partial charge on any atom is 0.207 e. The number of rotatable bonds is 8. The zero-order chi connectivity index (χ0) is 15.1. The summed E-state index contributed by atoms with van der Waals surface area (Å²) in [5.41, 5.74) is 2.16. The Hall–Kier alpha value is -1.50. The monoisotopic (exact) mass is 307 g/mol. The Morgan fingerprint density at radius 2 is 2.00 bits per heavy atom. The molecule has 1 aromatic carbocycles. The quantitative estimate of drug-likeness (QED) is 0.810. The first kappa shape index (κ1) is 15.9. The van der Waals surface area contributed by atoms with Gasteiger partial charge in [0.1, 0.15) is 5.82 Å². The van der Waals surface area contributed by atoms with Gasteiger partial charge >= 0.3 is 0 Å². The zero-order valence-corrected chi connectivity index (χ0v) is 13.4. The topological polar surface area (TPSA) is 56.3 Å². The number of aromatic nitrogens is 2. The smallest absolute Gasteiger partial charge is 0.207 e. The van der Waals surface area contributed by atoms with Crippen LogP contribution in [-0.2, 0) is 22.5 Å². The van der Waals surface area contributed by atoms with Crippen molar-refractivity contribution in [2.45, 2.75) is 33.0 Å². The van der Waals surface area contributed by atoms with Crippen LogP contribution in [0.25, 0.3) is 0 Å². The summed E-state index contributed by atoms with van der Waals surface area (Å²) in [6.45, 7) is 5.34. The minimum Gasteiger partial charge on any atom is -0.384 e. The number of nitrogens with one attached hydrogen (secondary N) is 1. The van der Waals surface area contributed by atoms with Gasteiger partial charge in [0.05, 0.1) is 19.3 Å². The van der Waals surface area contributed by atoms with Crippen molar-refractivity contribution in [2.24, 2.45) is 0 Å². The van der Waals surface area contributed by atoms with Gasteiger partial charge in [-0.25, -0.2) is 4.98 Å². The van der Waals surface area contributed by atoms with E-state index in [9.17, 15) is 0 Å². The molecule has 0 amide bonds. The summed E-state index contributed by atoms with van der Waals surface area (Å²) in [5.74, 6) is 0.811. The molecule has 0 atom stereocenters. The fourth-order valence-electron chi connectivity index (χ4n) is 1.67. The minimum absolute atomic E-state index is 0.245. The van der Waals surface area contributed by atoms with Gasteiger partial charge in [0.2, 0.25) is 5.13 Å². The SMILES string of the molecule is COCCc1nsc(Nc2ccc(COC(C)C)cc2)n1. The molecule has 5 nitrogen and oxygen atoms in total. The van der Waals surface area contributed by atoms with E-state index in [4.69, 9.17) is 9.47 Å². The number of benzene rings is 1. The van der Waals surface area contributed by atoms with Crippen LogP contribution in [0.15, 0.2) is 24.3 Å². The van der Waals surface area contributed by atoms with Gasteiger partial charge in [-0.15, -0.1) is 0 Å². The highest BCUT2D eigenvalue weighted by Crippen LogP contribution is 2.19. The average Bonchev–Trinajstić information content (AvgIpc) is 2.92. The third kappa shape index (κ3) is 5.41. The van der Waals surface area contributed by atoms with E-state index in [0.717, 1.165) is 28.6 Å². The Morgan fingerprint density at radius 1 is 1.24 bits per heavy atom. The van der Waals surface area contributed by atoms with E-state index in [0.29, 0.717) is 13.2 Å². The van der Waals surface area contributed by atoms with Crippen LogP contribution in [0.4, 0.5) is 10.8 Å². The van der Waals surface area contributed by atoms with Crippen LogP contribution in [0.3, 0.4) is 0 Å². The zero-order valence-electron chi connectivity index (χ0n) is 12.6. The van der Waals surface area contributed by atoms with E-state index < -0.39 is 0 Å². The first-order valence-corrected chi connectivity index (χ1v) is 7.74. The fourth-order valence-corrected chi connectivity index (χ4v) is 2.30. The third-order valence-corrected chi connectivity index (χ3v) is 3.45. The first-order chi connectivity index (χ1) is 10.2. The normalized spacial score (nSPS) is 11.0. The molecule has 21 heavy (non-hydrogen) atoms. The molecule has 1 heterocycles. The summed E-state index contributed by atoms with van der Waals surface area (Å²) in [4.78, 5) is 4.42. The molecular formula is C15H21N3O2S. The van der Waals surface area contributed by atoms with E-state index in [2.05, 4.69) is 26.8 Å². The molecule has 0 spiro atoms. The van der Waals surface area contributed by atoms with Gasteiger partial charge in [0.25, 0.3) is 0 Å². The van der Waals surface area contributed by atoms with Crippen LogP contribution in [0.2, 0.25) is 0 Å². The van der Waals surface area contributed by atoms with Gasteiger partial charge in [-0.2, -0.15) is 4.37 Å². The highest BCUT2D eigenvalue weighted by molar-refractivity contribution is 7.09. The van der Waals surface area contributed by atoms with Gasteiger partial charge in [-0.3, -0.25) is 0 Å². The average molecular weight is 307 g/mol. The van der Waals surface area contributed by atoms with Crippen molar-refractivity contribution < 1.29 is 9.47 Å². The van der Waals surface area contributed by atoms with E-state index in [1.165, 1.54) is 11.5 Å². The number of ether oxygens (including phenoxy) is 2. The molecule has 114 valence electrons. The van der Waals surface area contributed by atoms with Gasteiger partial charge in [0, 0.05) is 30.8 Å². The standard InChI is InChI=1S/C15H21N3O2S/c1-11(2)20-10-12-4-6-13(7-5-12)16-15-17-14(18-21-15)8-9-19-3/h4-7,11H,8-10H2,1-3H3,(H,16,17,18). The molecule has 0 unspecified atom stereocenters. The molecule has 0 aliphatic heterocycles. The van der Waals surface area contributed by atoms with Gasteiger partial charge in [-0.1, -0.05) is 12.1 Å². The molecule has 6 heteroatoms. The Morgan fingerprint density at radius 3 is 2.67 bits per heavy atom. The van der Waals surface area contributed by atoms with Crippen LogP contribution in [0.1, 0.15) is 25.2 Å². The summed E-state index contributed by atoms with van der Waals surface area (Å²) in [7, 11) is 1.68. The highest BCUT2D eigenvalue weighted by atomic mass is 32.1. The summed E-state index contributed by atoms with van der Waals surface area (Å²) < 4.78 is 14.9. The molecule has 0 saturated carbocycles. The highest BCUT2D eigenvalue weighted by Gasteiger charge is 2.04. The second kappa shape index (κ2) is 8.07. The molecule has 2 aromatic rings. The molecular weight excluding hydrogens is 286 g/mol. The van der Waals surface area contributed by atoms with Crippen LogP contribution in [0.5, 0.6) is 0 Å². The molecule has 0 aliphatic carbocycles. The van der Waals surface area contributed by atoms with Crippen LogP contribution in [0, 0.1) is 0 Å². The molecule has 0 radical (unpaired) electrons. The predicted octanol–water partition coefficient (Wildman–Crippen LogP) is 3.40. The largest absolute Gasteiger partial charge is 0.384 e. The fraction of sp³-hybridized carbons (Fsp3) is 0.467. The Labute approximate surface area is 129 Å². The second-order valence-electron chi connectivity index (χ2n) is 4.94. The lowest BCUT2D eigenvalue weighted by atomic mass is 10.2. The van der Waals surface area contributed by atoms with Crippen molar-refractivity contribution in [2.75, 3.05) is 19.0 Å². The Bertz CT molecular complexity index is 540. The number of nitrogens with zero attached hydrogens (tertiary/aromatic N) is 2. The third-order valence-electron chi connectivity index (χ3n) is 2.79. The van der Waals surface area contributed by atoms with E-state index in [-0.39, 0.29) is 6.10 Å². The van der Waals surface area contributed by atoms with Crippen molar-refractivity contribution in [3.8, 4) is 0 Å². The Kier molecular flexibility index (Phi) is 6.10. The molecule has 1 aromatic heterocycles. The van der Waals surface area contributed by atoms with Crippen molar-refractivity contribution >= 4 is 22.4 Å². The van der Waals surface area contributed by atoms with Crippen LogP contribution < -0.4 is 5.32 Å². The molecule has 1 N–H and O–H groups in total. The lowest BCUT2D eigenvalue weighted by Gasteiger charge is -2.08. The van der Waals surface area contributed by atoms with Crippen LogP contribution >= 0.6 is 11.5 Å². The van der Waals surface area contributed by atoms with E-state index in [1.807, 2.05) is 26.0 Å². The summed E-state index contributed by atoms with van der Waals surface area (Å²) >= 11 is 1.36. The summed E-state index contributed by atoms with van der Waals surface area (Å²) in [5, 5.41) is 4.05. The molecule has 0 fully saturated rings. The number of methoxy groups -OCH3 is 1. The van der Waals surface area contributed by atoms with E-state index >= 15 is 0 Å². The van der Waals surface area contributed by atoms with Crippen molar-refractivity contribution in [3.63, 3.8) is 0 Å².